The maximum atomic E-state index is 6.23. The lowest BCUT2D eigenvalue weighted by Gasteiger charge is -2.35. The highest BCUT2D eigenvalue weighted by molar-refractivity contribution is 5.16. The summed E-state index contributed by atoms with van der Waals surface area (Å²) in [4.78, 5) is 0. The van der Waals surface area contributed by atoms with Crippen LogP contribution >= 0.6 is 0 Å². The lowest BCUT2D eigenvalue weighted by Crippen LogP contribution is -3.00. The molecule has 0 aliphatic carbocycles. The standard InChI is InChI=1S/C12H21N2.ClH/c1-4-10-14(2,3)12(13)11-8-6-5-7-9-11;/h5-9,12H,4,10,13H2,1-3H3;1H/q+1;/p-1. The largest absolute Gasteiger partial charge is 1.00 e. The highest BCUT2D eigenvalue weighted by Gasteiger charge is 2.24. The highest BCUT2D eigenvalue weighted by atomic mass is 35.5. The molecule has 1 unspecified atom stereocenters. The Kier molecular flexibility index (Phi) is 5.88. The third-order valence-electron chi connectivity index (χ3n) is 2.69. The molecule has 1 aromatic rings. The normalized spacial score (nSPS) is 13.1. The Morgan fingerprint density at radius 1 is 1.20 bits per heavy atom. The van der Waals surface area contributed by atoms with E-state index >= 15 is 0 Å². The van der Waals surface area contributed by atoms with Gasteiger partial charge in [-0.25, -0.2) is 0 Å². The first kappa shape index (κ1) is 14.4. The van der Waals surface area contributed by atoms with Crippen molar-refractivity contribution in [3.63, 3.8) is 0 Å². The smallest absolute Gasteiger partial charge is 0.166 e. The van der Waals surface area contributed by atoms with Gasteiger partial charge < -0.3 is 16.9 Å². The molecule has 2 nitrogen and oxygen atoms in total. The molecule has 0 aliphatic heterocycles. The van der Waals surface area contributed by atoms with E-state index in [-0.39, 0.29) is 18.6 Å². The van der Waals surface area contributed by atoms with Crippen molar-refractivity contribution < 1.29 is 16.9 Å². The van der Waals surface area contributed by atoms with Crippen molar-refractivity contribution in [1.29, 1.82) is 0 Å². The summed E-state index contributed by atoms with van der Waals surface area (Å²) in [6.07, 6.45) is 1.24. The first-order chi connectivity index (χ1) is 6.58. The molecular weight excluding hydrogens is 208 g/mol. The molecule has 0 fully saturated rings. The van der Waals surface area contributed by atoms with E-state index in [1.807, 2.05) is 18.2 Å². The van der Waals surface area contributed by atoms with Crippen molar-refractivity contribution in [2.75, 3.05) is 20.6 Å². The zero-order chi connectivity index (χ0) is 10.6. The molecule has 0 saturated carbocycles. The molecule has 0 aliphatic rings. The van der Waals surface area contributed by atoms with Gasteiger partial charge in [-0.2, -0.15) is 0 Å². The van der Waals surface area contributed by atoms with Gasteiger partial charge >= 0.3 is 0 Å². The Morgan fingerprint density at radius 3 is 2.20 bits per heavy atom. The quantitative estimate of drug-likeness (QED) is 0.527. The zero-order valence-electron chi connectivity index (χ0n) is 9.78. The number of hydrogen-bond donors (Lipinski definition) is 1. The zero-order valence-corrected chi connectivity index (χ0v) is 10.5. The number of halogens is 1. The van der Waals surface area contributed by atoms with Crippen molar-refractivity contribution in [2.45, 2.75) is 19.5 Å². The van der Waals surface area contributed by atoms with Crippen LogP contribution in [0.3, 0.4) is 0 Å². The predicted molar refractivity (Wildman–Crippen MR) is 60.6 cm³/mol. The van der Waals surface area contributed by atoms with Crippen LogP contribution in [0, 0.1) is 0 Å². The predicted octanol–water partition coefficient (Wildman–Crippen LogP) is -0.866. The minimum atomic E-state index is 0. The van der Waals surface area contributed by atoms with Gasteiger partial charge in [0.05, 0.1) is 20.6 Å². The van der Waals surface area contributed by atoms with Crippen molar-refractivity contribution in [3.8, 4) is 0 Å². The molecule has 1 atom stereocenters. The highest BCUT2D eigenvalue weighted by Crippen LogP contribution is 2.19. The minimum Gasteiger partial charge on any atom is -1.00 e. The van der Waals surface area contributed by atoms with E-state index in [0.717, 1.165) is 17.4 Å². The summed E-state index contributed by atoms with van der Waals surface area (Å²) in [6.45, 7) is 3.30. The third-order valence-corrected chi connectivity index (χ3v) is 2.69. The first-order valence-electron chi connectivity index (χ1n) is 5.21. The van der Waals surface area contributed by atoms with E-state index in [9.17, 15) is 0 Å². The number of hydrogen-bond acceptors (Lipinski definition) is 1. The molecule has 0 bridgehead atoms. The fraction of sp³-hybridized carbons (Fsp3) is 0.500. The second kappa shape index (κ2) is 6.11. The Labute approximate surface area is 99.1 Å². The van der Waals surface area contributed by atoms with Crippen LogP contribution in [0.2, 0.25) is 0 Å². The van der Waals surface area contributed by atoms with E-state index < -0.39 is 0 Å². The van der Waals surface area contributed by atoms with Crippen LogP contribution in [0.15, 0.2) is 30.3 Å². The van der Waals surface area contributed by atoms with Crippen molar-refractivity contribution in [2.24, 2.45) is 5.73 Å². The second-order valence-electron chi connectivity index (χ2n) is 4.36. The van der Waals surface area contributed by atoms with Gasteiger partial charge in [-0.15, -0.1) is 0 Å². The SMILES string of the molecule is CCC[N+](C)(C)C(N)c1ccccc1.[Cl-]. The molecule has 1 rings (SSSR count). The van der Waals surface area contributed by atoms with Crippen molar-refractivity contribution in [1.82, 2.24) is 0 Å². The van der Waals surface area contributed by atoms with Crippen LogP contribution in [0.25, 0.3) is 0 Å². The number of rotatable bonds is 4. The van der Waals surface area contributed by atoms with Gasteiger partial charge in [-0.1, -0.05) is 37.3 Å². The molecule has 0 saturated heterocycles. The van der Waals surface area contributed by atoms with Crippen molar-refractivity contribution >= 4 is 0 Å². The maximum absolute atomic E-state index is 6.23. The van der Waals surface area contributed by atoms with Crippen LogP contribution in [0.5, 0.6) is 0 Å². The minimum absolute atomic E-state index is 0. The first-order valence-corrected chi connectivity index (χ1v) is 5.21. The average Bonchev–Trinajstić information content (AvgIpc) is 2.18. The molecule has 2 N–H and O–H groups in total. The summed E-state index contributed by atoms with van der Waals surface area (Å²) in [7, 11) is 4.36. The van der Waals surface area contributed by atoms with Gasteiger partial charge in [0.2, 0.25) is 0 Å². The monoisotopic (exact) mass is 228 g/mol. The summed E-state index contributed by atoms with van der Waals surface area (Å²) in [5.41, 5.74) is 7.44. The van der Waals surface area contributed by atoms with Crippen LogP contribution < -0.4 is 18.1 Å². The lowest BCUT2D eigenvalue weighted by atomic mass is 10.1. The summed E-state index contributed by atoms with van der Waals surface area (Å²) < 4.78 is 0.848. The number of quaternary nitrogens is 1. The molecular formula is C12H21ClN2. The number of nitrogens with zero attached hydrogens (tertiary/aromatic N) is 1. The lowest BCUT2D eigenvalue weighted by molar-refractivity contribution is -0.921. The van der Waals surface area contributed by atoms with E-state index in [4.69, 9.17) is 5.73 Å². The van der Waals surface area contributed by atoms with E-state index in [0.29, 0.717) is 0 Å². The number of nitrogens with two attached hydrogens (primary N) is 1. The van der Waals surface area contributed by atoms with Gasteiger partial charge in [-0.3, -0.25) is 5.73 Å². The van der Waals surface area contributed by atoms with Gasteiger partial charge in [0.15, 0.2) is 6.17 Å². The maximum Gasteiger partial charge on any atom is 0.166 e. The summed E-state index contributed by atoms with van der Waals surface area (Å²) in [5, 5.41) is 0. The summed E-state index contributed by atoms with van der Waals surface area (Å²) in [5.74, 6) is 0. The van der Waals surface area contributed by atoms with Gasteiger partial charge in [0.25, 0.3) is 0 Å². The molecule has 3 heteroatoms. The molecule has 15 heavy (non-hydrogen) atoms. The van der Waals surface area contributed by atoms with Crippen LogP contribution in [0.1, 0.15) is 25.1 Å². The van der Waals surface area contributed by atoms with Crippen LogP contribution in [0.4, 0.5) is 0 Å². The molecule has 0 amide bonds. The third kappa shape index (κ3) is 3.82. The van der Waals surface area contributed by atoms with E-state index in [2.05, 4.69) is 33.2 Å². The average molecular weight is 229 g/mol. The van der Waals surface area contributed by atoms with E-state index in [1.165, 1.54) is 5.56 Å². The van der Waals surface area contributed by atoms with Crippen molar-refractivity contribution in [3.05, 3.63) is 35.9 Å². The molecule has 86 valence electrons. The number of benzene rings is 1. The Balaban J connectivity index is 0.00000196. The van der Waals surface area contributed by atoms with Crippen LogP contribution in [-0.4, -0.2) is 25.1 Å². The molecule has 0 spiro atoms. The molecule has 0 aromatic heterocycles. The molecule has 0 radical (unpaired) electrons. The Hall–Kier alpha value is -0.570. The topological polar surface area (TPSA) is 26.0 Å². The summed E-state index contributed by atoms with van der Waals surface area (Å²) in [6, 6.07) is 10.3. The Bertz CT molecular complexity index is 272. The van der Waals surface area contributed by atoms with Crippen LogP contribution in [-0.2, 0) is 0 Å². The summed E-state index contributed by atoms with van der Waals surface area (Å²) >= 11 is 0. The fourth-order valence-corrected chi connectivity index (χ4v) is 1.77. The second-order valence-corrected chi connectivity index (χ2v) is 4.36. The van der Waals surface area contributed by atoms with Gasteiger partial charge in [0.1, 0.15) is 0 Å². The Morgan fingerprint density at radius 2 is 1.73 bits per heavy atom. The molecule has 1 aromatic carbocycles. The van der Waals surface area contributed by atoms with Gasteiger partial charge in [0, 0.05) is 5.56 Å². The van der Waals surface area contributed by atoms with Gasteiger partial charge in [-0.05, 0) is 6.42 Å². The molecule has 0 heterocycles. The fourth-order valence-electron chi connectivity index (χ4n) is 1.77. The van der Waals surface area contributed by atoms with E-state index in [1.54, 1.807) is 0 Å².